The van der Waals surface area contributed by atoms with Crippen LogP contribution < -0.4 is 0 Å². The predicted molar refractivity (Wildman–Crippen MR) is 61.0 cm³/mol. The zero-order chi connectivity index (χ0) is 12.5. The van der Waals surface area contributed by atoms with Gasteiger partial charge in [-0.05, 0) is 22.9 Å². The van der Waals surface area contributed by atoms with Crippen molar-refractivity contribution in [1.82, 2.24) is 0 Å². The van der Waals surface area contributed by atoms with E-state index in [1.807, 2.05) is 0 Å². The van der Waals surface area contributed by atoms with Crippen molar-refractivity contribution in [3.8, 4) is 0 Å². The van der Waals surface area contributed by atoms with Gasteiger partial charge in [0.1, 0.15) is 0 Å². The molecule has 0 amide bonds. The van der Waals surface area contributed by atoms with E-state index in [2.05, 4.69) is 15.9 Å². The number of methoxy groups -OCH3 is 3. The summed E-state index contributed by atoms with van der Waals surface area (Å²) in [6, 6.07) is 0. The molecule has 0 saturated carbocycles. The van der Waals surface area contributed by atoms with Crippen LogP contribution in [0.2, 0.25) is 0 Å². The Bertz CT molecular complexity index is 347. The van der Waals surface area contributed by atoms with Crippen LogP contribution in [0.3, 0.4) is 0 Å². The number of rotatable bonds is 3. The molecular weight excluding hydrogens is 280 g/mol. The van der Waals surface area contributed by atoms with E-state index in [0.29, 0.717) is 10.1 Å². The Balaban J connectivity index is 3.39. The van der Waals surface area contributed by atoms with Crippen LogP contribution in [0.5, 0.6) is 0 Å². The van der Waals surface area contributed by atoms with Crippen LogP contribution in [0.25, 0.3) is 0 Å². The lowest BCUT2D eigenvalue weighted by molar-refractivity contribution is -0.218. The Morgan fingerprint density at radius 1 is 1.31 bits per heavy atom. The summed E-state index contributed by atoms with van der Waals surface area (Å²) in [7, 11) is 4.12. The lowest BCUT2D eigenvalue weighted by Crippen LogP contribution is -2.49. The normalized spacial score (nSPS) is 31.0. The van der Waals surface area contributed by atoms with Crippen molar-refractivity contribution in [1.29, 1.82) is 0 Å². The molecule has 0 aliphatic heterocycles. The van der Waals surface area contributed by atoms with Gasteiger partial charge in [0.25, 0.3) is 0 Å². The number of allylic oxidation sites excluding steroid dienone is 1. The maximum Gasteiger partial charge on any atom is 0.234 e. The van der Waals surface area contributed by atoms with Gasteiger partial charge in [-0.3, -0.25) is 0 Å². The number of aliphatic hydroxyl groups is 2. The second kappa shape index (κ2) is 4.75. The molecule has 2 unspecified atom stereocenters. The first-order valence-corrected chi connectivity index (χ1v) is 5.38. The van der Waals surface area contributed by atoms with Gasteiger partial charge in [0, 0.05) is 19.8 Å². The average molecular weight is 295 g/mol. The summed E-state index contributed by atoms with van der Waals surface area (Å²) in [5.41, 5.74) is 0.439. The van der Waals surface area contributed by atoms with Crippen LogP contribution in [-0.2, 0) is 14.2 Å². The maximum absolute atomic E-state index is 10.3. The van der Waals surface area contributed by atoms with E-state index in [0.717, 1.165) is 0 Å². The second-order valence-electron chi connectivity index (χ2n) is 3.37. The fourth-order valence-corrected chi connectivity index (χ4v) is 2.20. The van der Waals surface area contributed by atoms with E-state index in [9.17, 15) is 10.2 Å². The summed E-state index contributed by atoms with van der Waals surface area (Å²) in [6.07, 6.45) is -0.930. The Kier molecular flexibility index (Phi) is 4.01. The maximum atomic E-state index is 10.3. The number of halogens is 1. The van der Waals surface area contributed by atoms with Gasteiger partial charge in [-0.2, -0.15) is 0 Å². The molecule has 1 aliphatic carbocycles. The summed E-state index contributed by atoms with van der Waals surface area (Å²) in [5, 5.41) is 20.2. The lowest BCUT2D eigenvalue weighted by atomic mass is 9.96. The van der Waals surface area contributed by atoms with E-state index in [1.165, 1.54) is 21.3 Å². The average Bonchev–Trinajstić information content (AvgIpc) is 2.30. The van der Waals surface area contributed by atoms with Crippen molar-refractivity contribution < 1.29 is 24.4 Å². The molecule has 0 saturated heterocycles. The molecule has 0 aromatic rings. The van der Waals surface area contributed by atoms with Crippen molar-refractivity contribution in [3.63, 3.8) is 0 Å². The minimum atomic E-state index is -1.70. The number of hydrogen-bond acceptors (Lipinski definition) is 5. The van der Waals surface area contributed by atoms with E-state index in [1.54, 1.807) is 6.92 Å². The van der Waals surface area contributed by atoms with Gasteiger partial charge < -0.3 is 24.4 Å². The van der Waals surface area contributed by atoms with Gasteiger partial charge >= 0.3 is 0 Å². The molecule has 2 atom stereocenters. The summed E-state index contributed by atoms with van der Waals surface area (Å²) in [6.45, 7) is 1.63. The second-order valence-corrected chi connectivity index (χ2v) is 4.17. The van der Waals surface area contributed by atoms with E-state index in [4.69, 9.17) is 14.2 Å². The predicted octanol–water partition coefficient (Wildman–Crippen LogP) is 1.43. The highest BCUT2D eigenvalue weighted by Crippen LogP contribution is 2.41. The summed E-state index contributed by atoms with van der Waals surface area (Å²) in [5.74, 6) is -1.63. The highest BCUT2D eigenvalue weighted by atomic mass is 79.9. The molecule has 0 radical (unpaired) electrons. The van der Waals surface area contributed by atoms with Crippen LogP contribution in [0.1, 0.15) is 6.92 Å². The summed E-state index contributed by atoms with van der Waals surface area (Å²) < 4.78 is 15.5. The van der Waals surface area contributed by atoms with Gasteiger partial charge in [-0.15, -0.1) is 0 Å². The van der Waals surface area contributed by atoms with Crippen molar-refractivity contribution in [2.24, 2.45) is 0 Å². The van der Waals surface area contributed by atoms with Gasteiger partial charge in [0.15, 0.2) is 17.6 Å². The molecule has 92 valence electrons. The highest BCUT2D eigenvalue weighted by molar-refractivity contribution is 9.11. The third-order valence-corrected chi connectivity index (χ3v) is 3.76. The van der Waals surface area contributed by atoms with E-state index >= 15 is 0 Å². The standard InChI is InChI=1S/C10H15BrO5/c1-5-6(12)7(14-2)9(15-3)10(13,16-4)8(5)11/h9,12-13H,1-4H3. The first kappa shape index (κ1) is 13.5. The topological polar surface area (TPSA) is 68.2 Å². The monoisotopic (exact) mass is 294 g/mol. The third-order valence-electron chi connectivity index (χ3n) is 2.59. The molecule has 0 fully saturated rings. The molecule has 0 aromatic carbocycles. The summed E-state index contributed by atoms with van der Waals surface area (Å²) in [4.78, 5) is 0. The van der Waals surface area contributed by atoms with Crippen LogP contribution in [-0.4, -0.2) is 43.4 Å². The smallest absolute Gasteiger partial charge is 0.234 e. The Morgan fingerprint density at radius 2 is 1.88 bits per heavy atom. The lowest BCUT2D eigenvalue weighted by Gasteiger charge is -2.38. The van der Waals surface area contributed by atoms with Crippen molar-refractivity contribution >= 4 is 15.9 Å². The molecule has 1 rings (SSSR count). The molecule has 0 spiro atoms. The molecule has 0 heterocycles. The van der Waals surface area contributed by atoms with Crippen molar-refractivity contribution in [3.05, 3.63) is 21.6 Å². The molecule has 0 bridgehead atoms. The molecule has 1 aliphatic rings. The molecule has 16 heavy (non-hydrogen) atoms. The Hall–Kier alpha value is -0.560. The SMILES string of the molecule is COC1=C(O)C(C)=C(Br)C(O)(OC)C1OC. The third kappa shape index (κ3) is 1.75. The quantitative estimate of drug-likeness (QED) is 0.771. The first-order chi connectivity index (χ1) is 7.43. The van der Waals surface area contributed by atoms with E-state index < -0.39 is 11.9 Å². The van der Waals surface area contributed by atoms with Gasteiger partial charge in [-0.1, -0.05) is 0 Å². The number of aliphatic hydroxyl groups excluding tert-OH is 1. The van der Waals surface area contributed by atoms with Crippen LogP contribution in [0.15, 0.2) is 21.6 Å². The zero-order valence-corrected chi connectivity index (χ0v) is 11.2. The van der Waals surface area contributed by atoms with Crippen molar-refractivity contribution in [2.75, 3.05) is 21.3 Å². The first-order valence-electron chi connectivity index (χ1n) is 4.58. The Morgan fingerprint density at radius 3 is 2.25 bits per heavy atom. The van der Waals surface area contributed by atoms with Crippen LogP contribution in [0.4, 0.5) is 0 Å². The minimum Gasteiger partial charge on any atom is -0.504 e. The molecule has 0 aromatic heterocycles. The largest absolute Gasteiger partial charge is 0.504 e. The zero-order valence-electron chi connectivity index (χ0n) is 9.57. The van der Waals surface area contributed by atoms with Crippen LogP contribution in [0, 0.1) is 0 Å². The molecule has 2 N–H and O–H groups in total. The minimum absolute atomic E-state index is 0.0667. The number of ether oxygens (including phenoxy) is 3. The molecular formula is C10H15BrO5. The fraction of sp³-hybridized carbons (Fsp3) is 0.600. The van der Waals surface area contributed by atoms with Crippen molar-refractivity contribution in [2.45, 2.75) is 18.8 Å². The molecule has 6 heteroatoms. The van der Waals surface area contributed by atoms with Gasteiger partial charge in [-0.25, -0.2) is 0 Å². The fourth-order valence-electron chi connectivity index (χ4n) is 1.64. The van der Waals surface area contributed by atoms with E-state index in [-0.39, 0.29) is 11.5 Å². The van der Waals surface area contributed by atoms with Gasteiger partial charge in [0.05, 0.1) is 11.6 Å². The van der Waals surface area contributed by atoms with Crippen LogP contribution >= 0.6 is 15.9 Å². The molecule has 5 nitrogen and oxygen atoms in total. The number of hydrogen-bond donors (Lipinski definition) is 2. The van der Waals surface area contributed by atoms with Gasteiger partial charge in [0.2, 0.25) is 5.79 Å². The summed E-state index contributed by atoms with van der Waals surface area (Å²) >= 11 is 3.19. The Labute approximate surface area is 102 Å². The highest BCUT2D eigenvalue weighted by Gasteiger charge is 2.49.